The fourth-order valence-electron chi connectivity index (χ4n) is 2.76. The maximum absolute atomic E-state index is 14.5. The Morgan fingerprint density at radius 3 is 2.30 bits per heavy atom. The lowest BCUT2D eigenvalue weighted by Gasteiger charge is -2.25. The average Bonchev–Trinajstić information content (AvgIpc) is 2.55. The van der Waals surface area contributed by atoms with E-state index in [9.17, 15) is 8.78 Å². The zero-order chi connectivity index (χ0) is 16.4. The third kappa shape index (κ3) is 2.97. The molecule has 2 aromatic carbocycles. The van der Waals surface area contributed by atoms with Crippen molar-refractivity contribution in [3.63, 3.8) is 0 Å². The minimum atomic E-state index is -0.660. The van der Waals surface area contributed by atoms with Crippen LogP contribution in [0.3, 0.4) is 0 Å². The van der Waals surface area contributed by atoms with E-state index in [4.69, 9.17) is 4.74 Å². The Balaban J connectivity index is 2.21. The molecule has 3 rings (SSSR count). The molecule has 23 heavy (non-hydrogen) atoms. The average molecular weight is 313 g/mol. The van der Waals surface area contributed by atoms with Crippen LogP contribution >= 0.6 is 0 Å². The Hall–Kier alpha value is -2.62. The van der Waals surface area contributed by atoms with E-state index < -0.39 is 11.6 Å². The molecular weight excluding hydrogens is 296 g/mol. The van der Waals surface area contributed by atoms with Crippen LogP contribution in [0.1, 0.15) is 24.0 Å². The van der Waals surface area contributed by atoms with E-state index in [1.807, 2.05) is 30.3 Å². The summed E-state index contributed by atoms with van der Waals surface area (Å²) in [7, 11) is 1.38. The molecule has 0 aromatic heterocycles. The summed E-state index contributed by atoms with van der Waals surface area (Å²) in [6, 6.07) is 12.0. The maximum atomic E-state index is 14.5. The number of hydrogen-bond acceptors (Lipinski definition) is 2. The van der Waals surface area contributed by atoms with Crippen LogP contribution in [0, 0.1) is 11.6 Å². The SMILES string of the molecule is C=C1CCC(c2ccccc2)=C(c2c(F)cc(OC)cc2F)N1. The van der Waals surface area contributed by atoms with Gasteiger partial charge >= 0.3 is 0 Å². The quantitative estimate of drug-likeness (QED) is 0.884. The van der Waals surface area contributed by atoms with Crippen molar-refractivity contribution in [1.82, 2.24) is 5.32 Å². The second-order valence-corrected chi connectivity index (χ2v) is 5.41. The molecule has 2 nitrogen and oxygen atoms in total. The molecule has 1 aliphatic heterocycles. The molecule has 2 aromatic rings. The lowest BCUT2D eigenvalue weighted by atomic mass is 9.91. The number of halogens is 2. The van der Waals surface area contributed by atoms with Crippen LogP contribution in [0.25, 0.3) is 11.3 Å². The van der Waals surface area contributed by atoms with Gasteiger partial charge in [-0.15, -0.1) is 0 Å². The molecule has 1 N–H and O–H groups in total. The first-order valence-electron chi connectivity index (χ1n) is 7.37. The van der Waals surface area contributed by atoms with Crippen molar-refractivity contribution in [2.45, 2.75) is 12.8 Å². The molecule has 0 radical (unpaired) electrons. The van der Waals surface area contributed by atoms with Gasteiger partial charge in [0.2, 0.25) is 0 Å². The number of methoxy groups -OCH3 is 1. The lowest BCUT2D eigenvalue weighted by molar-refractivity contribution is 0.406. The van der Waals surface area contributed by atoms with Crippen molar-refractivity contribution in [3.05, 3.63) is 77.5 Å². The normalized spacial score (nSPS) is 14.7. The monoisotopic (exact) mass is 313 g/mol. The van der Waals surface area contributed by atoms with E-state index in [2.05, 4.69) is 11.9 Å². The molecule has 0 saturated carbocycles. The predicted octanol–water partition coefficient (Wildman–Crippen LogP) is 4.74. The molecule has 0 amide bonds. The molecule has 0 aliphatic carbocycles. The molecule has 1 heterocycles. The third-order valence-corrected chi connectivity index (χ3v) is 3.90. The zero-order valence-corrected chi connectivity index (χ0v) is 12.8. The molecule has 118 valence electrons. The minimum Gasteiger partial charge on any atom is -0.497 e. The Labute approximate surface area is 134 Å². The fourth-order valence-corrected chi connectivity index (χ4v) is 2.76. The number of ether oxygens (including phenoxy) is 1. The maximum Gasteiger partial charge on any atom is 0.139 e. The van der Waals surface area contributed by atoms with Gasteiger partial charge in [0.15, 0.2) is 0 Å². The lowest BCUT2D eigenvalue weighted by Crippen LogP contribution is -2.19. The van der Waals surface area contributed by atoms with Crippen molar-refractivity contribution in [2.75, 3.05) is 7.11 Å². The summed E-state index contributed by atoms with van der Waals surface area (Å²) in [6.07, 6.45) is 1.41. The molecule has 0 spiro atoms. The molecule has 0 fully saturated rings. The fraction of sp³-hybridized carbons (Fsp3) is 0.158. The number of nitrogens with one attached hydrogen (secondary N) is 1. The first-order valence-corrected chi connectivity index (χ1v) is 7.37. The highest BCUT2D eigenvalue weighted by Crippen LogP contribution is 2.36. The largest absolute Gasteiger partial charge is 0.497 e. The van der Waals surface area contributed by atoms with Crippen LogP contribution in [0.2, 0.25) is 0 Å². The number of hydrogen-bond donors (Lipinski definition) is 1. The van der Waals surface area contributed by atoms with Crippen LogP contribution in [-0.4, -0.2) is 7.11 Å². The van der Waals surface area contributed by atoms with E-state index in [0.29, 0.717) is 12.1 Å². The van der Waals surface area contributed by atoms with Gasteiger partial charge in [-0.05, 0) is 24.0 Å². The first kappa shape index (κ1) is 15.3. The molecule has 0 saturated heterocycles. The highest BCUT2D eigenvalue weighted by atomic mass is 19.1. The molecular formula is C19H17F2NO. The topological polar surface area (TPSA) is 21.3 Å². The highest BCUT2D eigenvalue weighted by Gasteiger charge is 2.23. The van der Waals surface area contributed by atoms with E-state index in [-0.39, 0.29) is 11.3 Å². The smallest absolute Gasteiger partial charge is 0.139 e. The summed E-state index contributed by atoms with van der Waals surface area (Å²) in [5.41, 5.74) is 2.92. The predicted molar refractivity (Wildman–Crippen MR) is 87.7 cm³/mol. The van der Waals surface area contributed by atoms with Gasteiger partial charge in [0.05, 0.1) is 18.4 Å². The summed E-state index contributed by atoms with van der Waals surface area (Å²) in [6.45, 7) is 3.90. The molecule has 0 bridgehead atoms. The Kier molecular flexibility index (Phi) is 4.15. The van der Waals surface area contributed by atoms with Gasteiger partial charge in [0, 0.05) is 17.8 Å². The van der Waals surface area contributed by atoms with E-state index in [0.717, 1.165) is 23.3 Å². The van der Waals surface area contributed by atoms with Crippen LogP contribution in [0.15, 0.2) is 54.7 Å². The second-order valence-electron chi connectivity index (χ2n) is 5.41. The van der Waals surface area contributed by atoms with E-state index in [1.54, 1.807) is 0 Å². The first-order chi connectivity index (χ1) is 11.1. The van der Waals surface area contributed by atoms with Crippen LogP contribution in [0.5, 0.6) is 5.75 Å². The Morgan fingerprint density at radius 2 is 1.70 bits per heavy atom. The van der Waals surface area contributed by atoms with Gasteiger partial charge in [-0.1, -0.05) is 36.9 Å². The highest BCUT2D eigenvalue weighted by molar-refractivity contribution is 5.92. The van der Waals surface area contributed by atoms with Gasteiger partial charge in [-0.2, -0.15) is 0 Å². The van der Waals surface area contributed by atoms with Crippen LogP contribution in [0.4, 0.5) is 8.78 Å². The summed E-state index contributed by atoms with van der Waals surface area (Å²) in [5.74, 6) is -1.17. The number of benzene rings is 2. The zero-order valence-electron chi connectivity index (χ0n) is 12.8. The van der Waals surface area contributed by atoms with E-state index in [1.165, 1.54) is 19.2 Å². The summed E-state index contributed by atoms with van der Waals surface area (Å²) in [5, 5.41) is 3.06. The van der Waals surface area contributed by atoms with Crippen LogP contribution in [-0.2, 0) is 0 Å². The molecule has 0 atom stereocenters. The Morgan fingerprint density at radius 1 is 1.04 bits per heavy atom. The summed E-state index contributed by atoms with van der Waals surface area (Å²) >= 11 is 0. The second kappa shape index (κ2) is 6.24. The molecule has 0 unspecified atom stereocenters. The molecule has 1 aliphatic rings. The van der Waals surface area contributed by atoms with Crippen molar-refractivity contribution in [3.8, 4) is 5.75 Å². The van der Waals surface area contributed by atoms with Crippen LogP contribution < -0.4 is 10.1 Å². The minimum absolute atomic E-state index is 0.0782. The Bertz CT molecular complexity index is 758. The molecule has 4 heteroatoms. The standard InChI is InChI=1S/C19H17F2NO/c1-12-8-9-15(13-6-4-3-5-7-13)19(22-12)18-16(20)10-14(23-2)11-17(18)21/h3-7,10-11,22H,1,8-9H2,2H3. The van der Waals surface area contributed by atoms with Gasteiger partial charge in [0.1, 0.15) is 17.4 Å². The van der Waals surface area contributed by atoms with Gasteiger partial charge in [-0.25, -0.2) is 8.78 Å². The third-order valence-electron chi connectivity index (χ3n) is 3.90. The van der Waals surface area contributed by atoms with Gasteiger partial charge < -0.3 is 10.1 Å². The van der Waals surface area contributed by atoms with E-state index >= 15 is 0 Å². The van der Waals surface area contributed by atoms with Crippen molar-refractivity contribution >= 4 is 11.3 Å². The summed E-state index contributed by atoms with van der Waals surface area (Å²) < 4.78 is 33.9. The van der Waals surface area contributed by atoms with Crippen molar-refractivity contribution < 1.29 is 13.5 Å². The van der Waals surface area contributed by atoms with Gasteiger partial charge in [-0.3, -0.25) is 0 Å². The summed E-state index contributed by atoms with van der Waals surface area (Å²) in [4.78, 5) is 0. The number of rotatable bonds is 3. The number of allylic oxidation sites excluding steroid dienone is 2. The van der Waals surface area contributed by atoms with Gasteiger partial charge in [0.25, 0.3) is 0 Å². The van der Waals surface area contributed by atoms with Crippen molar-refractivity contribution in [2.24, 2.45) is 0 Å². The van der Waals surface area contributed by atoms with Crippen molar-refractivity contribution in [1.29, 1.82) is 0 Å².